The average molecular weight is 329 g/mol. The summed E-state index contributed by atoms with van der Waals surface area (Å²) in [6, 6.07) is 5.51. The topological polar surface area (TPSA) is 66.4 Å². The minimum Gasteiger partial charge on any atom is -0.481 e. The Morgan fingerprint density at radius 1 is 1.17 bits per heavy atom. The number of halogens is 3. The standard InChI is InChI=1S/C16H18F3NO3/c17-16(18,19)9-8-10-4-6-11(7-5-10)14(21)20-13-3-1-2-12(13)15(22)23/h4-7,12-13H,1-3,8-9H2,(H,20,21)(H,22,23)/t12-,13+/m1/s1. The van der Waals surface area contributed by atoms with Crippen molar-refractivity contribution in [3.8, 4) is 0 Å². The Balaban J connectivity index is 1.94. The second-order valence-electron chi connectivity index (χ2n) is 5.77. The third-order valence-electron chi connectivity index (χ3n) is 4.06. The fraction of sp³-hybridized carbons (Fsp3) is 0.500. The van der Waals surface area contributed by atoms with Gasteiger partial charge in [-0.1, -0.05) is 18.6 Å². The molecule has 0 heterocycles. The minimum absolute atomic E-state index is 0.130. The summed E-state index contributed by atoms with van der Waals surface area (Å²) in [5, 5.41) is 11.8. The van der Waals surface area contributed by atoms with E-state index in [0.29, 0.717) is 24.0 Å². The van der Waals surface area contributed by atoms with Gasteiger partial charge in [-0.3, -0.25) is 9.59 Å². The molecule has 23 heavy (non-hydrogen) atoms. The molecule has 1 saturated carbocycles. The molecule has 2 rings (SSSR count). The zero-order valence-corrected chi connectivity index (χ0v) is 12.4. The number of carboxylic acid groups (broad SMARTS) is 1. The van der Waals surface area contributed by atoms with Crippen molar-refractivity contribution >= 4 is 11.9 Å². The monoisotopic (exact) mass is 329 g/mol. The van der Waals surface area contributed by atoms with Crippen LogP contribution in [0.25, 0.3) is 0 Å². The van der Waals surface area contributed by atoms with Crippen LogP contribution in [0.3, 0.4) is 0 Å². The number of carboxylic acids is 1. The molecule has 1 aromatic rings. The molecule has 0 radical (unpaired) electrons. The van der Waals surface area contributed by atoms with E-state index in [9.17, 15) is 22.8 Å². The molecular formula is C16H18F3NO3. The quantitative estimate of drug-likeness (QED) is 0.872. The molecule has 126 valence electrons. The Morgan fingerprint density at radius 2 is 1.83 bits per heavy atom. The highest BCUT2D eigenvalue weighted by molar-refractivity contribution is 5.94. The molecule has 7 heteroatoms. The van der Waals surface area contributed by atoms with E-state index in [1.165, 1.54) is 24.3 Å². The van der Waals surface area contributed by atoms with E-state index in [4.69, 9.17) is 5.11 Å². The predicted octanol–water partition coefficient (Wildman–Crippen LogP) is 3.16. The van der Waals surface area contributed by atoms with Gasteiger partial charge in [0, 0.05) is 18.0 Å². The number of amides is 1. The average Bonchev–Trinajstić information content (AvgIpc) is 2.93. The largest absolute Gasteiger partial charge is 0.481 e. The maximum Gasteiger partial charge on any atom is 0.389 e. The van der Waals surface area contributed by atoms with Crippen molar-refractivity contribution in [3.05, 3.63) is 35.4 Å². The van der Waals surface area contributed by atoms with Crippen molar-refractivity contribution in [2.24, 2.45) is 5.92 Å². The molecule has 1 fully saturated rings. The number of carbonyl (C=O) groups excluding carboxylic acids is 1. The number of aliphatic carboxylic acids is 1. The van der Waals surface area contributed by atoms with E-state index in [-0.39, 0.29) is 6.42 Å². The zero-order chi connectivity index (χ0) is 17.0. The number of carbonyl (C=O) groups is 2. The number of benzene rings is 1. The third kappa shape index (κ3) is 4.97. The highest BCUT2D eigenvalue weighted by atomic mass is 19.4. The lowest BCUT2D eigenvalue weighted by atomic mass is 10.0. The molecule has 0 unspecified atom stereocenters. The summed E-state index contributed by atoms with van der Waals surface area (Å²) in [7, 11) is 0. The van der Waals surface area contributed by atoms with Crippen LogP contribution in [0.15, 0.2) is 24.3 Å². The number of hydrogen-bond acceptors (Lipinski definition) is 2. The minimum atomic E-state index is -4.20. The maximum absolute atomic E-state index is 12.2. The van der Waals surface area contributed by atoms with Crippen LogP contribution < -0.4 is 5.32 Å². The molecular weight excluding hydrogens is 311 g/mol. The summed E-state index contributed by atoms with van der Waals surface area (Å²) in [4.78, 5) is 23.2. The molecule has 0 aliphatic heterocycles. The number of nitrogens with one attached hydrogen (secondary N) is 1. The smallest absolute Gasteiger partial charge is 0.389 e. The van der Waals surface area contributed by atoms with Gasteiger partial charge in [-0.25, -0.2) is 0 Å². The lowest BCUT2D eigenvalue weighted by molar-refractivity contribution is -0.142. The number of rotatable bonds is 5. The molecule has 0 saturated heterocycles. The second-order valence-corrected chi connectivity index (χ2v) is 5.77. The first kappa shape index (κ1) is 17.3. The molecule has 0 spiro atoms. The summed E-state index contributed by atoms with van der Waals surface area (Å²) in [5.74, 6) is -1.90. The van der Waals surface area contributed by atoms with Gasteiger partial charge in [-0.15, -0.1) is 0 Å². The normalized spacial score (nSPS) is 21.2. The Kier molecular flexibility index (Phi) is 5.28. The Bertz CT molecular complexity index is 569. The van der Waals surface area contributed by atoms with Crippen molar-refractivity contribution in [2.75, 3.05) is 0 Å². The molecule has 0 bridgehead atoms. The molecule has 1 amide bonds. The molecule has 1 aliphatic carbocycles. The molecule has 2 atom stereocenters. The Labute approximate surface area is 131 Å². The van der Waals surface area contributed by atoms with Crippen LogP contribution in [0.1, 0.15) is 41.6 Å². The Hall–Kier alpha value is -2.05. The van der Waals surface area contributed by atoms with Gasteiger partial charge in [0.05, 0.1) is 5.92 Å². The van der Waals surface area contributed by atoms with Gasteiger partial charge in [0.2, 0.25) is 0 Å². The van der Waals surface area contributed by atoms with Crippen LogP contribution in [0.2, 0.25) is 0 Å². The van der Waals surface area contributed by atoms with Gasteiger partial charge < -0.3 is 10.4 Å². The van der Waals surface area contributed by atoms with E-state index < -0.39 is 36.4 Å². The van der Waals surface area contributed by atoms with Crippen LogP contribution >= 0.6 is 0 Å². The van der Waals surface area contributed by atoms with Crippen molar-refractivity contribution in [1.29, 1.82) is 0 Å². The van der Waals surface area contributed by atoms with E-state index in [0.717, 1.165) is 6.42 Å². The molecule has 4 nitrogen and oxygen atoms in total. The number of aryl methyl sites for hydroxylation is 1. The first-order chi connectivity index (χ1) is 10.8. The van der Waals surface area contributed by atoms with Crippen LogP contribution in [-0.4, -0.2) is 29.2 Å². The molecule has 0 aromatic heterocycles. The maximum atomic E-state index is 12.2. The molecule has 2 N–H and O–H groups in total. The van der Waals surface area contributed by atoms with Crippen LogP contribution in [0.5, 0.6) is 0 Å². The number of alkyl halides is 3. The van der Waals surface area contributed by atoms with Crippen LogP contribution in [0, 0.1) is 5.92 Å². The van der Waals surface area contributed by atoms with E-state index in [1.54, 1.807) is 0 Å². The van der Waals surface area contributed by atoms with Gasteiger partial charge in [-0.2, -0.15) is 13.2 Å². The van der Waals surface area contributed by atoms with Crippen molar-refractivity contribution in [2.45, 2.75) is 44.3 Å². The van der Waals surface area contributed by atoms with Crippen LogP contribution in [0.4, 0.5) is 13.2 Å². The SMILES string of the molecule is O=C(N[C@H]1CCC[C@H]1C(=O)O)c1ccc(CCC(F)(F)F)cc1. The fourth-order valence-electron chi connectivity index (χ4n) is 2.79. The fourth-order valence-corrected chi connectivity index (χ4v) is 2.79. The van der Waals surface area contributed by atoms with Crippen molar-refractivity contribution in [3.63, 3.8) is 0 Å². The van der Waals surface area contributed by atoms with Crippen molar-refractivity contribution in [1.82, 2.24) is 5.32 Å². The van der Waals surface area contributed by atoms with E-state index >= 15 is 0 Å². The third-order valence-corrected chi connectivity index (χ3v) is 4.06. The van der Waals surface area contributed by atoms with Crippen LogP contribution in [-0.2, 0) is 11.2 Å². The summed E-state index contributed by atoms with van der Waals surface area (Å²) in [5.41, 5.74) is 0.819. The van der Waals surface area contributed by atoms with E-state index in [2.05, 4.69) is 5.32 Å². The first-order valence-corrected chi connectivity index (χ1v) is 7.45. The van der Waals surface area contributed by atoms with Gasteiger partial charge in [0.25, 0.3) is 5.91 Å². The highest BCUT2D eigenvalue weighted by Gasteiger charge is 2.34. The van der Waals surface area contributed by atoms with Gasteiger partial charge in [0.1, 0.15) is 0 Å². The summed E-state index contributed by atoms with van der Waals surface area (Å²) in [6.07, 6.45) is -3.33. The van der Waals surface area contributed by atoms with Gasteiger partial charge in [0.15, 0.2) is 0 Å². The van der Waals surface area contributed by atoms with Gasteiger partial charge in [-0.05, 0) is 37.0 Å². The summed E-state index contributed by atoms with van der Waals surface area (Å²) >= 11 is 0. The molecule has 1 aromatic carbocycles. The molecule has 1 aliphatic rings. The van der Waals surface area contributed by atoms with Gasteiger partial charge >= 0.3 is 12.1 Å². The summed E-state index contributed by atoms with van der Waals surface area (Å²) in [6.45, 7) is 0. The lowest BCUT2D eigenvalue weighted by Crippen LogP contribution is -2.40. The lowest BCUT2D eigenvalue weighted by Gasteiger charge is -2.17. The van der Waals surface area contributed by atoms with E-state index in [1.807, 2.05) is 0 Å². The Morgan fingerprint density at radius 3 is 2.39 bits per heavy atom. The zero-order valence-electron chi connectivity index (χ0n) is 12.4. The van der Waals surface area contributed by atoms with Crippen molar-refractivity contribution < 1.29 is 27.9 Å². The highest BCUT2D eigenvalue weighted by Crippen LogP contribution is 2.26. The predicted molar refractivity (Wildman–Crippen MR) is 77.0 cm³/mol. The number of hydrogen-bond donors (Lipinski definition) is 2. The first-order valence-electron chi connectivity index (χ1n) is 7.45. The summed E-state index contributed by atoms with van der Waals surface area (Å²) < 4.78 is 36.5. The second kappa shape index (κ2) is 7.02.